The zero-order chi connectivity index (χ0) is 14.9. The van der Waals surface area contributed by atoms with E-state index in [-0.39, 0.29) is 11.3 Å². The van der Waals surface area contributed by atoms with Crippen LogP contribution in [-0.4, -0.2) is 12.2 Å². The van der Waals surface area contributed by atoms with E-state index >= 15 is 0 Å². The molecule has 20 heavy (non-hydrogen) atoms. The number of aryl methyl sites for hydroxylation is 2. The SMILES string of the molecule is COc1cc(F)c(C(O)c2cc(C)ccc2C)c(F)c1. The monoisotopic (exact) mass is 278 g/mol. The number of benzene rings is 2. The molecule has 0 fully saturated rings. The summed E-state index contributed by atoms with van der Waals surface area (Å²) in [6.45, 7) is 3.65. The molecule has 106 valence electrons. The summed E-state index contributed by atoms with van der Waals surface area (Å²) in [7, 11) is 1.33. The molecule has 0 amide bonds. The Bertz CT molecular complexity index is 615. The zero-order valence-electron chi connectivity index (χ0n) is 11.6. The van der Waals surface area contributed by atoms with Gasteiger partial charge in [-0.1, -0.05) is 23.8 Å². The van der Waals surface area contributed by atoms with E-state index in [1.165, 1.54) is 7.11 Å². The Morgan fingerprint density at radius 3 is 2.20 bits per heavy atom. The number of ether oxygens (including phenoxy) is 1. The molecule has 1 unspecified atom stereocenters. The van der Waals surface area contributed by atoms with Gasteiger partial charge in [0.05, 0.1) is 12.7 Å². The highest BCUT2D eigenvalue weighted by molar-refractivity contribution is 5.40. The Balaban J connectivity index is 2.53. The molecular formula is C16H16F2O2. The fourth-order valence-corrected chi connectivity index (χ4v) is 2.15. The number of halogens is 2. The average molecular weight is 278 g/mol. The standard InChI is InChI=1S/C16H16F2O2/c1-9-4-5-10(2)12(6-9)16(19)15-13(17)7-11(20-3)8-14(15)18/h4-8,16,19H,1-3H3. The van der Waals surface area contributed by atoms with Gasteiger partial charge in [0.15, 0.2) is 0 Å². The van der Waals surface area contributed by atoms with Gasteiger partial charge in [-0.05, 0) is 25.0 Å². The third-order valence-electron chi connectivity index (χ3n) is 3.29. The van der Waals surface area contributed by atoms with Gasteiger partial charge in [0.25, 0.3) is 0 Å². The van der Waals surface area contributed by atoms with Crippen LogP contribution in [0.3, 0.4) is 0 Å². The number of hydrogen-bond acceptors (Lipinski definition) is 2. The Labute approximate surface area is 116 Å². The molecule has 0 aliphatic carbocycles. The molecule has 0 saturated carbocycles. The van der Waals surface area contributed by atoms with Crippen LogP contribution in [0.1, 0.15) is 28.4 Å². The highest BCUT2D eigenvalue weighted by Crippen LogP contribution is 2.31. The number of aliphatic hydroxyl groups is 1. The van der Waals surface area contributed by atoms with Gasteiger partial charge in [-0.25, -0.2) is 8.78 Å². The van der Waals surface area contributed by atoms with Crippen LogP contribution in [0.15, 0.2) is 30.3 Å². The summed E-state index contributed by atoms with van der Waals surface area (Å²) in [5, 5.41) is 10.3. The minimum atomic E-state index is -1.35. The lowest BCUT2D eigenvalue weighted by molar-refractivity contribution is 0.208. The van der Waals surface area contributed by atoms with Crippen molar-refractivity contribution in [2.24, 2.45) is 0 Å². The first-order valence-electron chi connectivity index (χ1n) is 6.22. The van der Waals surface area contributed by atoms with Crippen molar-refractivity contribution in [3.8, 4) is 5.75 Å². The number of aliphatic hydroxyl groups excluding tert-OH is 1. The van der Waals surface area contributed by atoms with E-state index in [1.807, 2.05) is 19.1 Å². The van der Waals surface area contributed by atoms with Gasteiger partial charge >= 0.3 is 0 Å². The Hall–Kier alpha value is -1.94. The minimum Gasteiger partial charge on any atom is -0.497 e. The van der Waals surface area contributed by atoms with E-state index in [9.17, 15) is 13.9 Å². The molecule has 0 aliphatic rings. The molecule has 0 radical (unpaired) electrons. The van der Waals surface area contributed by atoms with Crippen molar-refractivity contribution in [1.29, 1.82) is 0 Å². The molecule has 4 heteroatoms. The van der Waals surface area contributed by atoms with E-state index in [2.05, 4.69) is 0 Å². The largest absolute Gasteiger partial charge is 0.497 e. The van der Waals surface area contributed by atoms with Crippen LogP contribution in [0.4, 0.5) is 8.78 Å². The van der Waals surface area contributed by atoms with Crippen LogP contribution in [0.5, 0.6) is 5.75 Å². The van der Waals surface area contributed by atoms with Crippen molar-refractivity contribution >= 4 is 0 Å². The first-order valence-corrected chi connectivity index (χ1v) is 6.22. The molecule has 1 N–H and O–H groups in total. The fraction of sp³-hybridized carbons (Fsp3) is 0.250. The molecule has 0 saturated heterocycles. The van der Waals surface area contributed by atoms with Crippen LogP contribution < -0.4 is 4.74 Å². The highest BCUT2D eigenvalue weighted by atomic mass is 19.1. The Kier molecular flexibility index (Phi) is 4.04. The van der Waals surface area contributed by atoms with E-state index in [0.717, 1.165) is 23.3 Å². The topological polar surface area (TPSA) is 29.5 Å². The average Bonchev–Trinajstić information content (AvgIpc) is 2.40. The number of methoxy groups -OCH3 is 1. The fourth-order valence-electron chi connectivity index (χ4n) is 2.15. The molecular weight excluding hydrogens is 262 g/mol. The summed E-state index contributed by atoms with van der Waals surface area (Å²) in [5.41, 5.74) is 1.82. The summed E-state index contributed by atoms with van der Waals surface area (Å²) < 4.78 is 32.8. The molecule has 0 aromatic heterocycles. The predicted octanol–water partition coefficient (Wildman–Crippen LogP) is 3.67. The predicted molar refractivity (Wildman–Crippen MR) is 72.9 cm³/mol. The second kappa shape index (κ2) is 5.59. The summed E-state index contributed by atoms with van der Waals surface area (Å²) in [6, 6.07) is 7.54. The van der Waals surface area contributed by atoms with Gasteiger partial charge in [0.1, 0.15) is 23.5 Å². The quantitative estimate of drug-likeness (QED) is 0.928. The number of rotatable bonds is 3. The molecule has 0 spiro atoms. The Morgan fingerprint density at radius 2 is 1.65 bits per heavy atom. The van der Waals surface area contributed by atoms with Crippen molar-refractivity contribution in [1.82, 2.24) is 0 Å². The Morgan fingerprint density at radius 1 is 1.05 bits per heavy atom. The van der Waals surface area contributed by atoms with Crippen molar-refractivity contribution in [3.63, 3.8) is 0 Å². The smallest absolute Gasteiger partial charge is 0.135 e. The molecule has 0 bridgehead atoms. The van der Waals surface area contributed by atoms with Crippen LogP contribution in [0, 0.1) is 25.5 Å². The van der Waals surface area contributed by atoms with E-state index in [1.54, 1.807) is 13.0 Å². The van der Waals surface area contributed by atoms with Gasteiger partial charge < -0.3 is 9.84 Å². The third-order valence-corrected chi connectivity index (χ3v) is 3.29. The molecule has 1 atom stereocenters. The van der Waals surface area contributed by atoms with Gasteiger partial charge in [-0.3, -0.25) is 0 Å². The summed E-state index contributed by atoms with van der Waals surface area (Å²) in [5.74, 6) is -1.57. The third kappa shape index (κ3) is 2.65. The van der Waals surface area contributed by atoms with Crippen LogP contribution >= 0.6 is 0 Å². The van der Waals surface area contributed by atoms with Crippen LogP contribution in [0.25, 0.3) is 0 Å². The number of hydrogen-bond donors (Lipinski definition) is 1. The van der Waals surface area contributed by atoms with Crippen molar-refractivity contribution in [2.75, 3.05) is 7.11 Å². The lowest BCUT2D eigenvalue weighted by atomic mass is 9.95. The van der Waals surface area contributed by atoms with Crippen molar-refractivity contribution < 1.29 is 18.6 Å². The minimum absolute atomic E-state index is 0.0805. The zero-order valence-corrected chi connectivity index (χ0v) is 11.6. The first kappa shape index (κ1) is 14.5. The maximum Gasteiger partial charge on any atom is 0.135 e. The maximum absolute atomic E-state index is 14.0. The first-order chi connectivity index (χ1) is 9.43. The van der Waals surface area contributed by atoms with Gasteiger partial charge in [0.2, 0.25) is 0 Å². The summed E-state index contributed by atoms with van der Waals surface area (Å²) in [6.07, 6.45) is -1.35. The van der Waals surface area contributed by atoms with Crippen molar-refractivity contribution in [2.45, 2.75) is 20.0 Å². The molecule has 2 aromatic carbocycles. The maximum atomic E-state index is 14.0. The van der Waals surface area contributed by atoms with Gasteiger partial charge in [-0.2, -0.15) is 0 Å². The second-order valence-electron chi connectivity index (χ2n) is 4.77. The van der Waals surface area contributed by atoms with E-state index in [0.29, 0.717) is 5.56 Å². The lowest BCUT2D eigenvalue weighted by Gasteiger charge is -2.17. The normalized spacial score (nSPS) is 12.3. The van der Waals surface area contributed by atoms with Crippen molar-refractivity contribution in [3.05, 3.63) is 64.2 Å². The van der Waals surface area contributed by atoms with Crippen LogP contribution in [-0.2, 0) is 0 Å². The molecule has 2 rings (SSSR count). The second-order valence-corrected chi connectivity index (χ2v) is 4.77. The van der Waals surface area contributed by atoms with E-state index < -0.39 is 17.7 Å². The lowest BCUT2D eigenvalue weighted by Crippen LogP contribution is -2.08. The molecule has 0 aliphatic heterocycles. The molecule has 2 nitrogen and oxygen atoms in total. The summed E-state index contributed by atoms with van der Waals surface area (Å²) >= 11 is 0. The van der Waals surface area contributed by atoms with Crippen LogP contribution in [0.2, 0.25) is 0 Å². The van der Waals surface area contributed by atoms with Gasteiger partial charge in [0, 0.05) is 12.1 Å². The molecule has 0 heterocycles. The van der Waals surface area contributed by atoms with E-state index in [4.69, 9.17) is 4.74 Å². The van der Waals surface area contributed by atoms with Gasteiger partial charge in [-0.15, -0.1) is 0 Å². The summed E-state index contributed by atoms with van der Waals surface area (Å²) in [4.78, 5) is 0. The highest BCUT2D eigenvalue weighted by Gasteiger charge is 2.22. The molecule has 2 aromatic rings.